The van der Waals surface area contributed by atoms with Gasteiger partial charge in [-0.15, -0.1) is 10.2 Å². The molecule has 2 rings (SSSR count). The molecule has 1 aromatic rings. The Bertz CT molecular complexity index is 355. The highest BCUT2D eigenvalue weighted by atomic mass is 32.1. The Morgan fingerprint density at radius 1 is 1.29 bits per heavy atom. The van der Waals surface area contributed by atoms with Gasteiger partial charge >= 0.3 is 0 Å². The van der Waals surface area contributed by atoms with Crippen LogP contribution in [0.2, 0.25) is 0 Å². The van der Waals surface area contributed by atoms with E-state index in [0.717, 1.165) is 22.0 Å². The van der Waals surface area contributed by atoms with Gasteiger partial charge in [-0.05, 0) is 31.1 Å². The minimum Gasteiger partial charge on any atom is -0.371 e. The summed E-state index contributed by atoms with van der Waals surface area (Å²) >= 11 is 1.56. The highest BCUT2D eigenvalue weighted by Crippen LogP contribution is 2.31. The number of anilines is 1. The minimum absolute atomic E-state index is 0.406. The summed E-state index contributed by atoms with van der Waals surface area (Å²) in [7, 11) is 1.86. The zero-order chi connectivity index (χ0) is 12.3. The molecule has 0 aliphatic heterocycles. The van der Waals surface area contributed by atoms with Crippen molar-refractivity contribution in [2.75, 3.05) is 12.4 Å². The van der Waals surface area contributed by atoms with Gasteiger partial charge in [0.05, 0.1) is 6.10 Å². The average Bonchev–Trinajstić information content (AvgIpc) is 2.79. The lowest BCUT2D eigenvalue weighted by Crippen LogP contribution is -2.26. The third-order valence-electron chi connectivity index (χ3n) is 3.67. The van der Waals surface area contributed by atoms with Crippen molar-refractivity contribution in [2.24, 2.45) is 11.8 Å². The molecule has 0 spiro atoms. The van der Waals surface area contributed by atoms with Crippen molar-refractivity contribution in [3.8, 4) is 0 Å². The Hall–Kier alpha value is -0.680. The molecule has 1 aromatic heterocycles. The zero-order valence-corrected chi connectivity index (χ0v) is 11.6. The lowest BCUT2D eigenvalue weighted by molar-refractivity contribution is -0.00768. The Balaban J connectivity index is 1.78. The van der Waals surface area contributed by atoms with Crippen LogP contribution in [0.5, 0.6) is 0 Å². The second-order valence-electron chi connectivity index (χ2n) is 4.95. The Morgan fingerprint density at radius 3 is 2.76 bits per heavy atom. The van der Waals surface area contributed by atoms with Gasteiger partial charge in [0.15, 0.2) is 0 Å². The van der Waals surface area contributed by atoms with Crippen LogP contribution in [0.3, 0.4) is 0 Å². The summed E-state index contributed by atoms with van der Waals surface area (Å²) in [5, 5.41) is 12.9. The van der Waals surface area contributed by atoms with Crippen LogP contribution in [0.25, 0.3) is 0 Å². The molecular weight excluding hydrogens is 234 g/mol. The van der Waals surface area contributed by atoms with Crippen LogP contribution in [-0.4, -0.2) is 23.3 Å². The number of rotatable bonds is 4. The van der Waals surface area contributed by atoms with E-state index in [9.17, 15) is 0 Å². The van der Waals surface area contributed by atoms with Crippen molar-refractivity contribution in [2.45, 2.75) is 45.8 Å². The van der Waals surface area contributed by atoms with Gasteiger partial charge in [0.2, 0.25) is 5.13 Å². The van der Waals surface area contributed by atoms with Crippen molar-refractivity contribution in [1.29, 1.82) is 0 Å². The van der Waals surface area contributed by atoms with Gasteiger partial charge in [0.25, 0.3) is 0 Å². The quantitative estimate of drug-likeness (QED) is 0.898. The number of aromatic nitrogens is 2. The zero-order valence-electron chi connectivity index (χ0n) is 10.8. The third-order valence-corrected chi connectivity index (χ3v) is 4.59. The van der Waals surface area contributed by atoms with Crippen LogP contribution in [0.4, 0.5) is 5.13 Å². The van der Waals surface area contributed by atoms with E-state index >= 15 is 0 Å². The second kappa shape index (κ2) is 5.78. The van der Waals surface area contributed by atoms with Crippen molar-refractivity contribution in [3.05, 3.63) is 5.01 Å². The van der Waals surface area contributed by atoms with Crippen LogP contribution < -0.4 is 5.32 Å². The van der Waals surface area contributed by atoms with Gasteiger partial charge in [0, 0.05) is 7.05 Å². The summed E-state index contributed by atoms with van der Waals surface area (Å²) in [4.78, 5) is 0. The van der Waals surface area contributed by atoms with Gasteiger partial charge in [-0.25, -0.2) is 0 Å². The van der Waals surface area contributed by atoms with Crippen molar-refractivity contribution in [1.82, 2.24) is 10.2 Å². The molecule has 0 saturated heterocycles. The summed E-state index contributed by atoms with van der Waals surface area (Å²) in [5.41, 5.74) is 0. The van der Waals surface area contributed by atoms with Gasteiger partial charge in [-0.1, -0.05) is 25.2 Å². The standard InChI is InChI=1S/C12H21N3OS/c1-8-4-5-10(6-9(8)2)16-7-11-14-15-12(13-3)17-11/h8-10H,4-7H2,1-3H3,(H,13,15). The fraction of sp³-hybridized carbons (Fsp3) is 0.833. The van der Waals surface area contributed by atoms with E-state index in [0.29, 0.717) is 12.7 Å². The molecule has 0 aromatic carbocycles. The highest BCUT2D eigenvalue weighted by molar-refractivity contribution is 7.15. The van der Waals surface area contributed by atoms with Crippen molar-refractivity contribution < 1.29 is 4.74 Å². The van der Waals surface area contributed by atoms with E-state index in [1.165, 1.54) is 19.3 Å². The normalized spacial score (nSPS) is 29.2. The maximum absolute atomic E-state index is 5.93. The van der Waals surface area contributed by atoms with E-state index in [1.807, 2.05) is 7.05 Å². The highest BCUT2D eigenvalue weighted by Gasteiger charge is 2.25. The van der Waals surface area contributed by atoms with Crippen molar-refractivity contribution in [3.63, 3.8) is 0 Å². The van der Waals surface area contributed by atoms with E-state index in [4.69, 9.17) is 4.74 Å². The van der Waals surface area contributed by atoms with Gasteiger partial charge in [-0.3, -0.25) is 0 Å². The minimum atomic E-state index is 0.406. The fourth-order valence-corrected chi connectivity index (χ4v) is 2.87. The Labute approximate surface area is 107 Å². The number of nitrogens with zero attached hydrogens (tertiary/aromatic N) is 2. The molecule has 3 atom stereocenters. The SMILES string of the molecule is CNc1nnc(COC2CCC(C)C(C)C2)s1. The lowest BCUT2D eigenvalue weighted by Gasteiger charge is -2.31. The number of nitrogens with one attached hydrogen (secondary N) is 1. The first kappa shape index (κ1) is 12.8. The molecule has 3 unspecified atom stereocenters. The van der Waals surface area contributed by atoms with Crippen molar-refractivity contribution >= 4 is 16.5 Å². The molecule has 1 aliphatic carbocycles. The summed E-state index contributed by atoms with van der Waals surface area (Å²) in [6.45, 7) is 5.26. The monoisotopic (exact) mass is 255 g/mol. The first-order chi connectivity index (χ1) is 8.19. The second-order valence-corrected chi connectivity index (χ2v) is 6.01. The van der Waals surface area contributed by atoms with Crippen LogP contribution in [-0.2, 0) is 11.3 Å². The van der Waals surface area contributed by atoms with E-state index in [1.54, 1.807) is 11.3 Å². The molecule has 1 aliphatic rings. The smallest absolute Gasteiger partial charge is 0.205 e. The molecule has 5 heteroatoms. The maximum atomic E-state index is 5.93. The van der Waals surface area contributed by atoms with Gasteiger partial charge < -0.3 is 10.1 Å². The van der Waals surface area contributed by atoms with Gasteiger partial charge in [0.1, 0.15) is 11.6 Å². The topological polar surface area (TPSA) is 47.0 Å². The van der Waals surface area contributed by atoms with Crippen LogP contribution in [0.1, 0.15) is 38.1 Å². The van der Waals surface area contributed by atoms with Crippen LogP contribution >= 0.6 is 11.3 Å². The number of hydrogen-bond donors (Lipinski definition) is 1. The average molecular weight is 255 g/mol. The molecule has 0 radical (unpaired) electrons. The molecule has 0 amide bonds. The first-order valence-corrected chi connectivity index (χ1v) is 7.12. The third kappa shape index (κ3) is 3.39. The fourth-order valence-electron chi connectivity index (χ4n) is 2.25. The molecule has 4 nitrogen and oxygen atoms in total. The summed E-state index contributed by atoms with van der Waals surface area (Å²) in [6.07, 6.45) is 4.05. The Kier molecular flexibility index (Phi) is 4.34. The maximum Gasteiger partial charge on any atom is 0.205 e. The summed E-state index contributed by atoms with van der Waals surface area (Å²) < 4.78 is 5.93. The predicted octanol–water partition coefficient (Wildman–Crippen LogP) is 2.92. The van der Waals surface area contributed by atoms with Crippen LogP contribution in [0, 0.1) is 11.8 Å². The van der Waals surface area contributed by atoms with E-state index in [-0.39, 0.29) is 0 Å². The number of ether oxygens (including phenoxy) is 1. The van der Waals surface area contributed by atoms with E-state index < -0.39 is 0 Å². The van der Waals surface area contributed by atoms with Crippen LogP contribution in [0.15, 0.2) is 0 Å². The number of hydrogen-bond acceptors (Lipinski definition) is 5. The molecule has 1 saturated carbocycles. The molecular formula is C12H21N3OS. The lowest BCUT2D eigenvalue weighted by atomic mass is 9.80. The van der Waals surface area contributed by atoms with E-state index in [2.05, 4.69) is 29.4 Å². The molecule has 17 heavy (non-hydrogen) atoms. The molecule has 1 heterocycles. The largest absolute Gasteiger partial charge is 0.371 e. The molecule has 96 valence electrons. The molecule has 1 N–H and O–H groups in total. The Morgan fingerprint density at radius 2 is 2.12 bits per heavy atom. The summed E-state index contributed by atoms with van der Waals surface area (Å²) in [6, 6.07) is 0. The molecule has 1 fully saturated rings. The first-order valence-electron chi connectivity index (χ1n) is 6.30. The van der Waals surface area contributed by atoms with Gasteiger partial charge in [-0.2, -0.15) is 0 Å². The predicted molar refractivity (Wildman–Crippen MR) is 70.2 cm³/mol. The summed E-state index contributed by atoms with van der Waals surface area (Å²) in [5.74, 6) is 1.61. The molecule has 0 bridgehead atoms.